The number of carbonyl (C=O) groups excluding carboxylic acids is 1. The molecule has 2 aliphatic rings. The summed E-state index contributed by atoms with van der Waals surface area (Å²) in [6.45, 7) is 3.59. The van der Waals surface area contributed by atoms with Crippen molar-refractivity contribution in [3.05, 3.63) is 54.1 Å². The summed E-state index contributed by atoms with van der Waals surface area (Å²) in [7, 11) is 4.20. The van der Waals surface area contributed by atoms with Gasteiger partial charge in [-0.05, 0) is 51.4 Å². The van der Waals surface area contributed by atoms with Crippen LogP contribution in [0, 0.1) is 0 Å². The van der Waals surface area contributed by atoms with Gasteiger partial charge < -0.3 is 14.4 Å². The van der Waals surface area contributed by atoms with Crippen LogP contribution in [0.5, 0.6) is 0 Å². The number of hydrogen-bond donors (Lipinski definition) is 0. The monoisotopic (exact) mass is 366 g/mol. The zero-order chi connectivity index (χ0) is 18.9. The van der Waals surface area contributed by atoms with Crippen molar-refractivity contribution in [1.29, 1.82) is 0 Å². The maximum Gasteiger partial charge on any atom is 0.233 e. The van der Waals surface area contributed by atoms with Crippen LogP contribution in [0.25, 0.3) is 0 Å². The van der Waals surface area contributed by atoms with Gasteiger partial charge in [-0.25, -0.2) is 4.98 Å². The van der Waals surface area contributed by atoms with E-state index in [0.717, 1.165) is 57.7 Å². The van der Waals surface area contributed by atoms with Gasteiger partial charge in [0.15, 0.2) is 0 Å². The first-order valence-electron chi connectivity index (χ1n) is 10.1. The Morgan fingerprint density at radius 1 is 1.11 bits per heavy atom. The van der Waals surface area contributed by atoms with Crippen molar-refractivity contribution in [3.63, 3.8) is 0 Å². The van der Waals surface area contributed by atoms with Gasteiger partial charge in [0.05, 0.1) is 5.41 Å². The lowest BCUT2D eigenvalue weighted by atomic mass is 9.71. The third kappa shape index (κ3) is 3.41. The first-order chi connectivity index (χ1) is 13.1. The molecule has 2 aliphatic heterocycles. The number of rotatable bonds is 3. The molecule has 1 atom stereocenters. The van der Waals surface area contributed by atoms with E-state index in [1.807, 2.05) is 25.5 Å². The molecule has 0 spiro atoms. The molecular weight excluding hydrogens is 336 g/mol. The van der Waals surface area contributed by atoms with E-state index in [2.05, 4.69) is 50.7 Å². The normalized spacial score (nSPS) is 23.3. The lowest BCUT2D eigenvalue weighted by Gasteiger charge is -2.44. The van der Waals surface area contributed by atoms with Crippen LogP contribution >= 0.6 is 0 Å². The molecule has 0 unspecified atom stereocenters. The number of carbonyl (C=O) groups is 1. The summed E-state index contributed by atoms with van der Waals surface area (Å²) < 4.78 is 2.10. The van der Waals surface area contributed by atoms with Gasteiger partial charge in [-0.3, -0.25) is 4.79 Å². The summed E-state index contributed by atoms with van der Waals surface area (Å²) in [4.78, 5) is 22.9. The molecule has 0 radical (unpaired) electrons. The molecule has 3 heterocycles. The van der Waals surface area contributed by atoms with Gasteiger partial charge in [0.25, 0.3) is 0 Å². The highest BCUT2D eigenvalue weighted by molar-refractivity contribution is 5.88. The van der Waals surface area contributed by atoms with E-state index < -0.39 is 0 Å². The number of amides is 1. The van der Waals surface area contributed by atoms with Crippen molar-refractivity contribution in [2.24, 2.45) is 7.05 Å². The van der Waals surface area contributed by atoms with Crippen molar-refractivity contribution >= 4 is 5.91 Å². The van der Waals surface area contributed by atoms with Gasteiger partial charge in [0.2, 0.25) is 5.91 Å². The highest BCUT2D eigenvalue weighted by atomic mass is 16.2. The Kier molecular flexibility index (Phi) is 5.04. The maximum atomic E-state index is 13.9. The van der Waals surface area contributed by atoms with E-state index in [4.69, 9.17) is 0 Å². The van der Waals surface area contributed by atoms with Gasteiger partial charge in [-0.2, -0.15) is 0 Å². The molecule has 2 fully saturated rings. The second-order valence-electron chi connectivity index (χ2n) is 8.24. The predicted molar refractivity (Wildman–Crippen MR) is 107 cm³/mol. The van der Waals surface area contributed by atoms with Gasteiger partial charge in [0, 0.05) is 38.4 Å². The highest BCUT2D eigenvalue weighted by Crippen LogP contribution is 2.39. The van der Waals surface area contributed by atoms with E-state index in [1.165, 1.54) is 5.56 Å². The molecule has 4 rings (SSSR count). The van der Waals surface area contributed by atoms with Crippen molar-refractivity contribution < 1.29 is 4.79 Å². The maximum absolute atomic E-state index is 13.9. The molecule has 0 saturated carbocycles. The van der Waals surface area contributed by atoms with Gasteiger partial charge in [0.1, 0.15) is 5.82 Å². The van der Waals surface area contributed by atoms with Crippen LogP contribution in [0.4, 0.5) is 0 Å². The fraction of sp³-hybridized carbons (Fsp3) is 0.545. The largest absolute Gasteiger partial charge is 0.341 e. The van der Waals surface area contributed by atoms with Crippen molar-refractivity contribution in [1.82, 2.24) is 19.4 Å². The summed E-state index contributed by atoms with van der Waals surface area (Å²) in [5.41, 5.74) is 0.805. The standard InChI is InChI=1S/C22H30N4O/c1-24-14-10-22(11-15-24,19-8-4-3-5-9-19)21(27)26-13-6-7-18(17-26)20-23-12-16-25(20)2/h3-5,8-9,12,16,18H,6-7,10-11,13-15,17H2,1-2H3/t18-/m0/s1. The molecule has 2 aromatic rings. The third-order valence-corrected chi connectivity index (χ3v) is 6.51. The SMILES string of the molecule is CN1CCC(C(=O)N2CCC[C@H](c3nccn3C)C2)(c2ccccc2)CC1. The minimum absolute atomic E-state index is 0.320. The summed E-state index contributed by atoms with van der Waals surface area (Å²) in [5.74, 6) is 1.76. The third-order valence-electron chi connectivity index (χ3n) is 6.51. The van der Waals surface area contributed by atoms with Crippen LogP contribution in [0.3, 0.4) is 0 Å². The van der Waals surface area contributed by atoms with E-state index in [9.17, 15) is 4.79 Å². The number of hydrogen-bond acceptors (Lipinski definition) is 3. The fourth-order valence-electron chi connectivity index (χ4n) is 4.83. The van der Waals surface area contributed by atoms with Crippen LogP contribution in [0.2, 0.25) is 0 Å². The topological polar surface area (TPSA) is 41.4 Å². The molecule has 27 heavy (non-hydrogen) atoms. The molecule has 144 valence electrons. The second kappa shape index (κ2) is 7.47. The molecule has 1 amide bonds. The van der Waals surface area contributed by atoms with Crippen LogP contribution in [0.15, 0.2) is 42.7 Å². The Labute approximate surface area is 162 Å². The second-order valence-corrected chi connectivity index (χ2v) is 8.24. The molecule has 1 aromatic heterocycles. The zero-order valence-corrected chi connectivity index (χ0v) is 16.5. The quantitative estimate of drug-likeness (QED) is 0.839. The lowest BCUT2D eigenvalue weighted by Crippen LogP contribution is -2.54. The Hall–Kier alpha value is -2.14. The molecule has 5 nitrogen and oxygen atoms in total. The Morgan fingerprint density at radius 3 is 2.52 bits per heavy atom. The predicted octanol–water partition coefficient (Wildman–Crippen LogP) is 2.79. The van der Waals surface area contributed by atoms with Gasteiger partial charge in [-0.15, -0.1) is 0 Å². The first-order valence-corrected chi connectivity index (χ1v) is 10.1. The number of nitrogens with zero attached hydrogens (tertiary/aromatic N) is 4. The van der Waals surface area contributed by atoms with Gasteiger partial charge >= 0.3 is 0 Å². The first kappa shape index (κ1) is 18.2. The zero-order valence-electron chi connectivity index (χ0n) is 16.5. The van der Waals surface area contributed by atoms with Crippen LogP contribution < -0.4 is 0 Å². The summed E-state index contributed by atoms with van der Waals surface area (Å²) >= 11 is 0. The number of imidazole rings is 1. The number of benzene rings is 1. The molecule has 1 aromatic carbocycles. The number of piperidine rings is 2. The van der Waals surface area contributed by atoms with Crippen molar-refractivity contribution in [2.45, 2.75) is 37.0 Å². The minimum atomic E-state index is -0.378. The minimum Gasteiger partial charge on any atom is -0.341 e. The van der Waals surface area contributed by atoms with Crippen LogP contribution in [0.1, 0.15) is 43.0 Å². The van der Waals surface area contributed by atoms with E-state index >= 15 is 0 Å². The van der Waals surface area contributed by atoms with E-state index in [-0.39, 0.29) is 5.41 Å². The summed E-state index contributed by atoms with van der Waals surface area (Å²) in [5, 5.41) is 0. The van der Waals surface area contributed by atoms with Gasteiger partial charge in [-0.1, -0.05) is 30.3 Å². The number of aromatic nitrogens is 2. The Morgan fingerprint density at radius 2 is 1.85 bits per heavy atom. The average Bonchev–Trinajstić information content (AvgIpc) is 3.15. The smallest absolute Gasteiger partial charge is 0.233 e. The van der Waals surface area contributed by atoms with E-state index in [0.29, 0.717) is 11.8 Å². The molecular formula is C22H30N4O. The van der Waals surface area contributed by atoms with Crippen molar-refractivity contribution in [3.8, 4) is 0 Å². The van der Waals surface area contributed by atoms with Crippen molar-refractivity contribution in [2.75, 3.05) is 33.2 Å². The highest BCUT2D eigenvalue weighted by Gasteiger charge is 2.45. The molecule has 0 N–H and O–H groups in total. The van der Waals surface area contributed by atoms with Crippen LogP contribution in [-0.2, 0) is 17.3 Å². The fourth-order valence-corrected chi connectivity index (χ4v) is 4.83. The summed E-state index contributed by atoms with van der Waals surface area (Å²) in [6.07, 6.45) is 7.81. The molecule has 5 heteroatoms. The Bertz CT molecular complexity index is 777. The van der Waals surface area contributed by atoms with Crippen LogP contribution in [-0.4, -0.2) is 58.5 Å². The molecule has 0 aliphatic carbocycles. The summed E-state index contributed by atoms with van der Waals surface area (Å²) in [6, 6.07) is 10.5. The number of aryl methyl sites for hydroxylation is 1. The Balaban J connectivity index is 1.61. The number of likely N-dealkylation sites (tertiary alicyclic amines) is 2. The molecule has 0 bridgehead atoms. The molecule has 2 saturated heterocycles. The average molecular weight is 367 g/mol. The lowest BCUT2D eigenvalue weighted by molar-refractivity contribution is -0.140. The van der Waals surface area contributed by atoms with E-state index in [1.54, 1.807) is 0 Å².